The molecular weight excluding hydrogens is 394 g/mol. The van der Waals surface area contributed by atoms with Crippen molar-refractivity contribution in [1.82, 2.24) is 24.6 Å². The van der Waals surface area contributed by atoms with Crippen molar-refractivity contribution in [2.24, 2.45) is 7.05 Å². The van der Waals surface area contributed by atoms with Gasteiger partial charge in [-0.1, -0.05) is 30.3 Å². The lowest BCUT2D eigenvalue weighted by atomic mass is 10.0. The number of benzene rings is 2. The van der Waals surface area contributed by atoms with E-state index >= 15 is 0 Å². The van der Waals surface area contributed by atoms with Gasteiger partial charge in [0.05, 0.1) is 25.4 Å². The summed E-state index contributed by atoms with van der Waals surface area (Å²) >= 11 is 0. The van der Waals surface area contributed by atoms with E-state index in [1.54, 1.807) is 24.1 Å². The summed E-state index contributed by atoms with van der Waals surface area (Å²) < 4.78 is 9.05. The number of imidazole rings is 1. The molecule has 4 aromatic rings. The quantitative estimate of drug-likeness (QED) is 0.499. The Bertz CT molecular complexity index is 1280. The van der Waals surface area contributed by atoms with Gasteiger partial charge in [0.15, 0.2) is 0 Å². The molecule has 4 rings (SSSR count). The van der Waals surface area contributed by atoms with E-state index in [2.05, 4.69) is 15.4 Å². The summed E-state index contributed by atoms with van der Waals surface area (Å²) in [5.74, 6) is 1.21. The smallest absolute Gasteiger partial charge is 0.222 e. The molecule has 2 aromatic carbocycles. The highest BCUT2D eigenvalue weighted by Gasteiger charge is 2.23. The van der Waals surface area contributed by atoms with Crippen LogP contribution < -0.4 is 15.5 Å². The zero-order valence-corrected chi connectivity index (χ0v) is 17.4. The number of amides is 1. The molecule has 0 aliphatic heterocycles. The van der Waals surface area contributed by atoms with Gasteiger partial charge in [-0.05, 0) is 18.2 Å². The summed E-state index contributed by atoms with van der Waals surface area (Å²) in [4.78, 5) is 29.4. The highest BCUT2D eigenvalue weighted by atomic mass is 16.5. The highest BCUT2D eigenvalue weighted by molar-refractivity contribution is 5.79. The first-order valence-corrected chi connectivity index (χ1v) is 9.93. The molecule has 8 nitrogen and oxygen atoms in total. The maximum absolute atomic E-state index is 12.9. The molecular formula is C23H23N5O3. The second-order valence-corrected chi connectivity index (χ2v) is 7.14. The van der Waals surface area contributed by atoms with Gasteiger partial charge in [0.1, 0.15) is 17.6 Å². The first-order valence-electron chi connectivity index (χ1n) is 9.93. The highest BCUT2D eigenvalue weighted by Crippen LogP contribution is 2.29. The summed E-state index contributed by atoms with van der Waals surface area (Å²) in [5.41, 5.74) is 1.38. The van der Waals surface area contributed by atoms with Crippen LogP contribution in [-0.4, -0.2) is 32.3 Å². The Morgan fingerprint density at radius 3 is 2.71 bits per heavy atom. The predicted molar refractivity (Wildman–Crippen MR) is 117 cm³/mol. The Hall–Kier alpha value is -3.94. The van der Waals surface area contributed by atoms with E-state index in [9.17, 15) is 9.59 Å². The lowest BCUT2D eigenvalue weighted by molar-refractivity contribution is -0.121. The van der Waals surface area contributed by atoms with Crippen molar-refractivity contribution >= 4 is 16.8 Å². The summed E-state index contributed by atoms with van der Waals surface area (Å²) in [5, 5.41) is 7.85. The topological polar surface area (TPSA) is 91.0 Å². The number of rotatable bonds is 7. The maximum atomic E-state index is 12.9. The normalized spacial score (nSPS) is 11.9. The van der Waals surface area contributed by atoms with Gasteiger partial charge < -0.3 is 14.6 Å². The Labute approximate surface area is 179 Å². The van der Waals surface area contributed by atoms with Crippen LogP contribution in [0.1, 0.15) is 23.9 Å². The second kappa shape index (κ2) is 8.83. The van der Waals surface area contributed by atoms with Gasteiger partial charge in [0.2, 0.25) is 11.3 Å². The minimum Gasteiger partial charge on any atom is -0.496 e. The molecule has 0 radical (unpaired) electrons. The fourth-order valence-corrected chi connectivity index (χ4v) is 3.62. The van der Waals surface area contributed by atoms with Gasteiger partial charge in [-0.25, -0.2) is 4.98 Å². The molecule has 0 fully saturated rings. The predicted octanol–water partition coefficient (Wildman–Crippen LogP) is 2.43. The monoisotopic (exact) mass is 417 g/mol. The zero-order valence-electron chi connectivity index (χ0n) is 17.4. The second-order valence-electron chi connectivity index (χ2n) is 7.14. The maximum Gasteiger partial charge on any atom is 0.222 e. The summed E-state index contributed by atoms with van der Waals surface area (Å²) in [6.45, 7) is 0.339. The summed E-state index contributed by atoms with van der Waals surface area (Å²) in [6.07, 6.45) is 5.00. The number of nitrogens with one attached hydrogen (secondary N) is 1. The van der Waals surface area contributed by atoms with Gasteiger partial charge in [0.25, 0.3) is 0 Å². The summed E-state index contributed by atoms with van der Waals surface area (Å²) in [6, 6.07) is 14.3. The number of fused-ring (bicyclic) bond motifs is 1. The van der Waals surface area contributed by atoms with Crippen molar-refractivity contribution in [3.05, 3.63) is 88.7 Å². The number of para-hydroxylation sites is 2. The van der Waals surface area contributed by atoms with E-state index in [1.165, 1.54) is 6.20 Å². The molecule has 0 aliphatic carbocycles. The van der Waals surface area contributed by atoms with Crippen molar-refractivity contribution in [3.8, 4) is 5.75 Å². The molecule has 31 heavy (non-hydrogen) atoms. The molecule has 1 unspecified atom stereocenters. The number of aromatic nitrogens is 4. The van der Waals surface area contributed by atoms with Crippen molar-refractivity contribution < 1.29 is 9.53 Å². The number of hydrogen-bond acceptors (Lipinski definition) is 5. The fraction of sp³-hybridized carbons (Fsp3) is 0.217. The van der Waals surface area contributed by atoms with Gasteiger partial charge in [0, 0.05) is 36.8 Å². The van der Waals surface area contributed by atoms with E-state index in [4.69, 9.17) is 4.74 Å². The lowest BCUT2D eigenvalue weighted by Gasteiger charge is -2.21. The average Bonchev–Trinajstić information content (AvgIpc) is 3.23. The molecule has 8 heteroatoms. The van der Waals surface area contributed by atoms with Crippen LogP contribution in [-0.2, 0) is 18.4 Å². The average molecular weight is 417 g/mol. The van der Waals surface area contributed by atoms with Crippen LogP contribution >= 0.6 is 0 Å². The zero-order chi connectivity index (χ0) is 21.8. The fourth-order valence-electron chi connectivity index (χ4n) is 3.62. The molecule has 1 amide bonds. The molecule has 2 aromatic heterocycles. The van der Waals surface area contributed by atoms with Gasteiger partial charge in [-0.15, -0.1) is 0 Å². The van der Waals surface area contributed by atoms with Crippen molar-refractivity contribution in [3.63, 3.8) is 0 Å². The first kappa shape index (κ1) is 20.3. The van der Waals surface area contributed by atoms with E-state index in [1.807, 2.05) is 60.3 Å². The molecule has 158 valence electrons. The number of hydrogen-bond donors (Lipinski definition) is 1. The third-order valence-corrected chi connectivity index (χ3v) is 5.18. The molecule has 2 heterocycles. The number of ether oxygens (including phenoxy) is 1. The van der Waals surface area contributed by atoms with E-state index in [-0.39, 0.29) is 17.8 Å². The van der Waals surface area contributed by atoms with Crippen LogP contribution in [0.5, 0.6) is 5.75 Å². The molecule has 1 atom stereocenters. The van der Waals surface area contributed by atoms with Crippen LogP contribution in [0, 0.1) is 0 Å². The standard InChI is InChI=1S/C23H23N5O3/c1-27-14-12-24-23(27)22(17-8-4-6-10-20(17)31-2)26-21(30)11-13-28-18-9-5-3-7-16(18)19(29)15-25-28/h3-10,12,14-15,22H,11,13H2,1-2H3,(H,26,30). The third-order valence-electron chi connectivity index (χ3n) is 5.18. The molecule has 0 spiro atoms. The Balaban J connectivity index is 1.57. The largest absolute Gasteiger partial charge is 0.496 e. The SMILES string of the molecule is COc1ccccc1C(NC(=O)CCn1ncc(=O)c2ccccc21)c1nccn1C. The molecule has 1 N–H and O–H groups in total. The minimum atomic E-state index is -0.470. The van der Waals surface area contributed by atoms with E-state index in [0.717, 1.165) is 5.56 Å². The number of carbonyl (C=O) groups excluding carboxylic acids is 1. The number of carbonyl (C=O) groups is 1. The third kappa shape index (κ3) is 4.18. The lowest BCUT2D eigenvalue weighted by Crippen LogP contribution is -2.32. The van der Waals surface area contributed by atoms with Crippen molar-refractivity contribution in [2.45, 2.75) is 19.0 Å². The van der Waals surface area contributed by atoms with Crippen LogP contribution in [0.4, 0.5) is 0 Å². The van der Waals surface area contributed by atoms with E-state index in [0.29, 0.717) is 29.0 Å². The van der Waals surface area contributed by atoms with Crippen LogP contribution in [0.25, 0.3) is 10.9 Å². The molecule has 0 saturated heterocycles. The Morgan fingerprint density at radius 1 is 1.16 bits per heavy atom. The van der Waals surface area contributed by atoms with Crippen molar-refractivity contribution in [2.75, 3.05) is 7.11 Å². The van der Waals surface area contributed by atoms with Gasteiger partial charge in [-0.2, -0.15) is 5.10 Å². The summed E-state index contributed by atoms with van der Waals surface area (Å²) in [7, 11) is 3.48. The number of aryl methyl sites for hydroxylation is 2. The Kier molecular flexibility index (Phi) is 5.79. The number of methoxy groups -OCH3 is 1. The first-order chi connectivity index (χ1) is 15.1. The number of nitrogens with zero attached hydrogens (tertiary/aromatic N) is 4. The molecule has 0 saturated carbocycles. The van der Waals surface area contributed by atoms with Crippen LogP contribution in [0.15, 0.2) is 71.9 Å². The Morgan fingerprint density at radius 2 is 1.94 bits per heavy atom. The van der Waals surface area contributed by atoms with Crippen LogP contribution in [0.3, 0.4) is 0 Å². The van der Waals surface area contributed by atoms with Gasteiger partial charge >= 0.3 is 0 Å². The van der Waals surface area contributed by atoms with Gasteiger partial charge in [-0.3, -0.25) is 14.3 Å². The van der Waals surface area contributed by atoms with Crippen LogP contribution in [0.2, 0.25) is 0 Å². The van der Waals surface area contributed by atoms with E-state index < -0.39 is 6.04 Å². The minimum absolute atomic E-state index is 0.137. The van der Waals surface area contributed by atoms with Crippen molar-refractivity contribution in [1.29, 1.82) is 0 Å². The molecule has 0 bridgehead atoms. The molecule has 0 aliphatic rings.